The second-order valence-electron chi connectivity index (χ2n) is 7.29. The molecule has 2 aromatic rings. The SMILES string of the molecule is CC(C)c1csc(NC(=O)CCCCCNS(=O)(=O)c2ccc3c(c2)OCCO3)n1. The van der Waals surface area contributed by atoms with Crippen LogP contribution in [0.2, 0.25) is 0 Å². The second kappa shape index (κ2) is 10.2. The number of ether oxygens (including phenoxy) is 2. The van der Waals surface area contributed by atoms with Crippen LogP contribution in [0.25, 0.3) is 0 Å². The average Bonchev–Trinajstić information content (AvgIpc) is 3.19. The van der Waals surface area contributed by atoms with Gasteiger partial charge in [-0.3, -0.25) is 4.79 Å². The maximum Gasteiger partial charge on any atom is 0.240 e. The highest BCUT2D eigenvalue weighted by Crippen LogP contribution is 2.32. The van der Waals surface area contributed by atoms with Gasteiger partial charge in [0, 0.05) is 24.4 Å². The maximum atomic E-state index is 12.4. The normalized spacial score (nSPS) is 13.4. The van der Waals surface area contributed by atoms with E-state index in [1.165, 1.54) is 23.5 Å². The van der Waals surface area contributed by atoms with Crippen LogP contribution in [0.3, 0.4) is 0 Å². The molecular weight excluding hydrogens is 426 g/mol. The van der Waals surface area contributed by atoms with Crippen LogP contribution in [0, 0.1) is 0 Å². The van der Waals surface area contributed by atoms with Crippen LogP contribution in [-0.2, 0) is 14.8 Å². The van der Waals surface area contributed by atoms with E-state index in [0.29, 0.717) is 61.6 Å². The first kappa shape index (κ1) is 22.5. The van der Waals surface area contributed by atoms with Gasteiger partial charge in [0.2, 0.25) is 15.9 Å². The minimum Gasteiger partial charge on any atom is -0.486 e. The smallest absolute Gasteiger partial charge is 0.240 e. The molecule has 0 fully saturated rings. The topological polar surface area (TPSA) is 107 Å². The number of thiazole rings is 1. The summed E-state index contributed by atoms with van der Waals surface area (Å²) in [6, 6.07) is 4.59. The molecule has 3 rings (SSSR count). The minimum absolute atomic E-state index is 0.0727. The van der Waals surface area contributed by atoms with Gasteiger partial charge in [-0.15, -0.1) is 11.3 Å². The molecule has 1 amide bonds. The molecule has 0 atom stereocenters. The van der Waals surface area contributed by atoms with Gasteiger partial charge in [0.25, 0.3) is 0 Å². The summed E-state index contributed by atoms with van der Waals surface area (Å²) >= 11 is 1.43. The molecule has 0 radical (unpaired) electrons. The highest BCUT2D eigenvalue weighted by atomic mass is 32.2. The Labute approximate surface area is 181 Å². The van der Waals surface area contributed by atoms with E-state index in [-0.39, 0.29) is 10.8 Å². The van der Waals surface area contributed by atoms with Crippen molar-refractivity contribution in [2.75, 3.05) is 25.1 Å². The zero-order valence-electron chi connectivity index (χ0n) is 17.1. The number of benzene rings is 1. The molecule has 0 saturated carbocycles. The molecule has 0 spiro atoms. The number of rotatable bonds is 10. The predicted molar refractivity (Wildman–Crippen MR) is 116 cm³/mol. The van der Waals surface area contributed by atoms with Crippen LogP contribution in [0.4, 0.5) is 5.13 Å². The van der Waals surface area contributed by atoms with Gasteiger partial charge < -0.3 is 14.8 Å². The minimum atomic E-state index is -3.61. The van der Waals surface area contributed by atoms with E-state index in [4.69, 9.17) is 9.47 Å². The summed E-state index contributed by atoms with van der Waals surface area (Å²) in [7, 11) is -3.61. The van der Waals surface area contributed by atoms with Crippen molar-refractivity contribution in [3.8, 4) is 11.5 Å². The van der Waals surface area contributed by atoms with Crippen molar-refractivity contribution in [1.29, 1.82) is 0 Å². The summed E-state index contributed by atoms with van der Waals surface area (Å²) in [6.45, 7) is 5.28. The number of aromatic nitrogens is 1. The van der Waals surface area contributed by atoms with Crippen LogP contribution in [-0.4, -0.2) is 39.1 Å². The lowest BCUT2D eigenvalue weighted by atomic mass is 10.2. The van der Waals surface area contributed by atoms with E-state index < -0.39 is 10.0 Å². The Bertz CT molecular complexity index is 973. The molecule has 2 heterocycles. The van der Waals surface area contributed by atoms with Gasteiger partial charge in [-0.25, -0.2) is 18.1 Å². The first-order valence-corrected chi connectivity index (χ1v) is 12.4. The Morgan fingerprint density at radius 1 is 1.17 bits per heavy atom. The van der Waals surface area contributed by atoms with E-state index in [9.17, 15) is 13.2 Å². The lowest BCUT2D eigenvalue weighted by molar-refractivity contribution is -0.116. The van der Waals surface area contributed by atoms with E-state index >= 15 is 0 Å². The third-order valence-corrected chi connectivity index (χ3v) is 6.79. The van der Waals surface area contributed by atoms with Crippen molar-refractivity contribution < 1.29 is 22.7 Å². The van der Waals surface area contributed by atoms with Crippen molar-refractivity contribution in [3.05, 3.63) is 29.3 Å². The first-order valence-electron chi connectivity index (χ1n) is 10.00. The summed E-state index contributed by atoms with van der Waals surface area (Å²) < 4.78 is 38.3. The second-order valence-corrected chi connectivity index (χ2v) is 9.92. The summed E-state index contributed by atoms with van der Waals surface area (Å²) in [4.78, 5) is 16.5. The largest absolute Gasteiger partial charge is 0.486 e. The highest BCUT2D eigenvalue weighted by Gasteiger charge is 2.19. The van der Waals surface area contributed by atoms with Crippen molar-refractivity contribution in [3.63, 3.8) is 0 Å². The molecule has 8 nitrogen and oxygen atoms in total. The fraction of sp³-hybridized carbons (Fsp3) is 0.500. The fourth-order valence-corrected chi connectivity index (χ4v) is 4.84. The third-order valence-electron chi connectivity index (χ3n) is 4.56. The Morgan fingerprint density at radius 2 is 1.93 bits per heavy atom. The van der Waals surface area contributed by atoms with Gasteiger partial charge in [0.15, 0.2) is 16.6 Å². The van der Waals surface area contributed by atoms with Gasteiger partial charge in [-0.1, -0.05) is 20.3 Å². The number of hydrogen-bond donors (Lipinski definition) is 2. The molecule has 30 heavy (non-hydrogen) atoms. The van der Waals surface area contributed by atoms with Gasteiger partial charge in [0.1, 0.15) is 13.2 Å². The number of nitrogens with zero attached hydrogens (tertiary/aromatic N) is 1. The predicted octanol–water partition coefficient (Wildman–Crippen LogP) is 3.52. The van der Waals surface area contributed by atoms with Crippen LogP contribution in [0.5, 0.6) is 11.5 Å². The summed E-state index contributed by atoms with van der Waals surface area (Å²) in [6.07, 6.45) is 2.45. The highest BCUT2D eigenvalue weighted by molar-refractivity contribution is 7.89. The van der Waals surface area contributed by atoms with Gasteiger partial charge in [-0.05, 0) is 30.9 Å². The zero-order valence-corrected chi connectivity index (χ0v) is 18.8. The van der Waals surface area contributed by atoms with Gasteiger partial charge in [0.05, 0.1) is 10.6 Å². The quantitative estimate of drug-likeness (QED) is 0.533. The first-order chi connectivity index (χ1) is 14.3. The number of fused-ring (bicyclic) bond motifs is 1. The third kappa shape index (κ3) is 6.16. The van der Waals surface area contributed by atoms with Crippen molar-refractivity contribution in [1.82, 2.24) is 9.71 Å². The van der Waals surface area contributed by atoms with Crippen molar-refractivity contribution in [2.45, 2.75) is 50.3 Å². The molecule has 2 N–H and O–H groups in total. The van der Waals surface area contributed by atoms with Gasteiger partial charge in [-0.2, -0.15) is 0 Å². The van der Waals surface area contributed by atoms with Gasteiger partial charge >= 0.3 is 0 Å². The maximum absolute atomic E-state index is 12.4. The molecule has 0 saturated heterocycles. The standard InChI is InChI=1S/C20H27N3O5S2/c1-14(2)16-13-29-20(22-16)23-19(24)6-4-3-5-9-21-30(25,26)15-7-8-17-18(12-15)28-11-10-27-17/h7-8,12-14,21H,3-6,9-11H2,1-2H3,(H,22,23,24). The summed E-state index contributed by atoms with van der Waals surface area (Å²) in [5.74, 6) is 1.25. The number of unbranched alkanes of at least 4 members (excludes halogenated alkanes) is 2. The number of sulfonamides is 1. The number of hydrogen-bond acceptors (Lipinski definition) is 7. The molecule has 0 bridgehead atoms. The fourth-order valence-electron chi connectivity index (χ4n) is 2.86. The number of nitrogens with one attached hydrogen (secondary N) is 2. The Balaban J connectivity index is 1.35. The summed E-state index contributed by atoms with van der Waals surface area (Å²) in [5.41, 5.74) is 0.973. The molecule has 0 unspecified atom stereocenters. The number of carbonyl (C=O) groups is 1. The Morgan fingerprint density at radius 3 is 2.67 bits per heavy atom. The van der Waals surface area contributed by atoms with Crippen molar-refractivity contribution >= 4 is 32.4 Å². The van der Waals surface area contributed by atoms with E-state index in [1.807, 2.05) is 5.38 Å². The molecule has 164 valence electrons. The lowest BCUT2D eigenvalue weighted by Crippen LogP contribution is -2.25. The van der Waals surface area contributed by atoms with E-state index in [2.05, 4.69) is 28.9 Å². The Kier molecular flexibility index (Phi) is 7.68. The molecule has 1 aliphatic heterocycles. The monoisotopic (exact) mass is 453 g/mol. The van der Waals surface area contributed by atoms with Crippen LogP contribution >= 0.6 is 11.3 Å². The lowest BCUT2D eigenvalue weighted by Gasteiger charge is -2.18. The molecule has 1 aromatic carbocycles. The van der Waals surface area contributed by atoms with Crippen LogP contribution < -0.4 is 19.5 Å². The van der Waals surface area contributed by atoms with Crippen molar-refractivity contribution in [2.24, 2.45) is 0 Å². The van der Waals surface area contributed by atoms with Crippen LogP contribution in [0.15, 0.2) is 28.5 Å². The zero-order chi connectivity index (χ0) is 21.6. The molecular formula is C20H27N3O5S2. The van der Waals surface area contributed by atoms with E-state index in [1.54, 1.807) is 6.07 Å². The molecule has 1 aliphatic rings. The molecule has 0 aliphatic carbocycles. The molecule has 10 heteroatoms. The van der Waals surface area contributed by atoms with Crippen LogP contribution in [0.1, 0.15) is 51.1 Å². The molecule has 1 aromatic heterocycles. The number of amides is 1. The Hall–Kier alpha value is -2.17. The summed E-state index contributed by atoms with van der Waals surface area (Å²) in [5, 5.41) is 5.39. The van der Waals surface area contributed by atoms with E-state index in [0.717, 1.165) is 12.1 Å². The average molecular weight is 454 g/mol. The number of anilines is 1. The number of carbonyl (C=O) groups excluding carboxylic acids is 1.